The third kappa shape index (κ3) is 5.66. The molecule has 0 radical (unpaired) electrons. The number of H-pyrrole nitrogens is 1. The molecule has 0 saturated carbocycles. The van der Waals surface area contributed by atoms with Crippen molar-refractivity contribution in [2.75, 3.05) is 12.5 Å². The number of aromatic nitrogens is 3. The molecule has 47 heavy (non-hydrogen) atoms. The van der Waals surface area contributed by atoms with E-state index in [9.17, 15) is 16.8 Å². The summed E-state index contributed by atoms with van der Waals surface area (Å²) in [7, 11) is -6.78. The van der Waals surface area contributed by atoms with E-state index in [2.05, 4.69) is 29.2 Å². The van der Waals surface area contributed by atoms with Gasteiger partial charge in [-0.1, -0.05) is 48.5 Å². The van der Waals surface area contributed by atoms with Crippen LogP contribution in [0.15, 0.2) is 114 Å². The lowest BCUT2D eigenvalue weighted by Gasteiger charge is -2.24. The maximum Gasteiger partial charge on any atom is 0.175 e. The standard InChI is InChI=1S/C37H31N3O4S3/c1-37(2,47(4,43)44)29-20-26-9-6-17-39-33(26)31(22-29)25-7-5-8-27(19-25)35-34(24-12-14-30(15-13-24)46(3,41)42)40-36(45-35)28-11-10-23-16-18-38-32(23)21-28/h5-22,38H,1-4H3. The van der Waals surface area contributed by atoms with Crippen LogP contribution in [0.2, 0.25) is 0 Å². The van der Waals surface area contributed by atoms with Gasteiger partial charge in [-0.2, -0.15) is 0 Å². The maximum atomic E-state index is 12.8. The number of hydrogen-bond acceptors (Lipinski definition) is 7. The Labute approximate surface area is 277 Å². The third-order valence-electron chi connectivity index (χ3n) is 8.75. The first-order chi connectivity index (χ1) is 22.3. The van der Waals surface area contributed by atoms with Crippen LogP contribution in [0.1, 0.15) is 19.4 Å². The molecule has 0 unspecified atom stereocenters. The number of hydrogen-bond donors (Lipinski definition) is 1. The average molecular weight is 678 g/mol. The van der Waals surface area contributed by atoms with Crippen LogP contribution in [-0.4, -0.2) is 44.3 Å². The van der Waals surface area contributed by atoms with Crippen molar-refractivity contribution in [2.45, 2.75) is 23.5 Å². The molecule has 0 atom stereocenters. The van der Waals surface area contributed by atoms with E-state index in [1.807, 2.05) is 54.7 Å². The van der Waals surface area contributed by atoms with Crippen LogP contribution < -0.4 is 0 Å². The zero-order valence-electron chi connectivity index (χ0n) is 26.1. The number of pyridine rings is 1. The van der Waals surface area contributed by atoms with E-state index in [0.29, 0.717) is 5.56 Å². The van der Waals surface area contributed by atoms with Gasteiger partial charge in [0.1, 0.15) is 5.01 Å². The van der Waals surface area contributed by atoms with Gasteiger partial charge in [0, 0.05) is 52.5 Å². The van der Waals surface area contributed by atoms with Crippen molar-refractivity contribution in [1.82, 2.24) is 15.0 Å². The second-order valence-electron chi connectivity index (χ2n) is 12.2. The molecule has 0 saturated heterocycles. The number of sulfone groups is 2. The van der Waals surface area contributed by atoms with E-state index >= 15 is 0 Å². The molecule has 1 N–H and O–H groups in total. The van der Waals surface area contributed by atoms with Crippen molar-refractivity contribution in [2.24, 2.45) is 0 Å². The molecular weight excluding hydrogens is 647 g/mol. The highest BCUT2D eigenvalue weighted by atomic mass is 32.2. The molecular formula is C37H31N3O4S3. The first kappa shape index (κ1) is 31.0. The molecule has 0 spiro atoms. The highest BCUT2D eigenvalue weighted by Gasteiger charge is 2.33. The van der Waals surface area contributed by atoms with E-state index in [0.717, 1.165) is 65.2 Å². The van der Waals surface area contributed by atoms with Crippen LogP contribution in [-0.2, 0) is 24.4 Å². The predicted molar refractivity (Wildman–Crippen MR) is 192 cm³/mol. The Kier molecular flexibility index (Phi) is 7.42. The second-order valence-corrected chi connectivity index (χ2v) is 17.8. The van der Waals surface area contributed by atoms with Gasteiger partial charge in [-0.25, -0.2) is 21.8 Å². The largest absolute Gasteiger partial charge is 0.361 e. The fourth-order valence-electron chi connectivity index (χ4n) is 5.68. The predicted octanol–water partition coefficient (Wildman–Crippen LogP) is 8.52. The number of thiazole rings is 1. The highest BCUT2D eigenvalue weighted by molar-refractivity contribution is 7.91. The summed E-state index contributed by atoms with van der Waals surface area (Å²) < 4.78 is 49.0. The summed E-state index contributed by atoms with van der Waals surface area (Å²) in [6.07, 6.45) is 6.11. The third-order valence-corrected chi connectivity index (χ3v) is 13.1. The fourth-order valence-corrected chi connectivity index (χ4v) is 7.93. The van der Waals surface area contributed by atoms with Crippen LogP contribution in [0.25, 0.3) is 65.2 Å². The van der Waals surface area contributed by atoms with Crippen LogP contribution in [0, 0.1) is 0 Å². The maximum absolute atomic E-state index is 12.8. The van der Waals surface area contributed by atoms with Gasteiger partial charge in [0.05, 0.1) is 25.7 Å². The molecule has 0 aliphatic carbocycles. The average Bonchev–Trinajstić information content (AvgIpc) is 3.71. The lowest BCUT2D eigenvalue weighted by atomic mass is 9.92. The van der Waals surface area contributed by atoms with Gasteiger partial charge < -0.3 is 4.98 Å². The smallest absolute Gasteiger partial charge is 0.175 e. The molecule has 0 aliphatic rings. The minimum Gasteiger partial charge on any atom is -0.361 e. The Balaban J connectivity index is 1.42. The number of nitrogens with zero attached hydrogens (tertiary/aromatic N) is 2. The van der Waals surface area contributed by atoms with Gasteiger partial charge in [-0.05, 0) is 84.5 Å². The topological polar surface area (TPSA) is 110 Å². The summed E-state index contributed by atoms with van der Waals surface area (Å²) in [5.74, 6) is 0. The summed E-state index contributed by atoms with van der Waals surface area (Å²) in [6, 6.07) is 30.8. The Morgan fingerprint density at radius 2 is 1.47 bits per heavy atom. The minimum absolute atomic E-state index is 0.244. The normalized spacial score (nSPS) is 12.6. The van der Waals surface area contributed by atoms with Crippen molar-refractivity contribution in [3.63, 3.8) is 0 Å². The molecule has 10 heteroatoms. The minimum atomic E-state index is -3.42. The first-order valence-corrected chi connectivity index (χ1v) is 19.5. The first-order valence-electron chi connectivity index (χ1n) is 14.9. The van der Waals surface area contributed by atoms with E-state index in [4.69, 9.17) is 9.97 Å². The van der Waals surface area contributed by atoms with Crippen LogP contribution in [0.4, 0.5) is 0 Å². The Morgan fingerprint density at radius 3 is 2.21 bits per heavy atom. The molecule has 3 heterocycles. The molecule has 236 valence electrons. The van der Waals surface area contributed by atoms with Crippen molar-refractivity contribution < 1.29 is 16.8 Å². The van der Waals surface area contributed by atoms with E-state index in [1.54, 1.807) is 55.6 Å². The summed E-state index contributed by atoms with van der Waals surface area (Å²) in [6.45, 7) is 3.45. The highest BCUT2D eigenvalue weighted by Crippen LogP contribution is 2.43. The Bertz CT molecular complexity index is 2550. The van der Waals surface area contributed by atoms with Gasteiger partial charge in [0.2, 0.25) is 0 Å². The van der Waals surface area contributed by atoms with E-state index in [-0.39, 0.29) is 4.90 Å². The van der Waals surface area contributed by atoms with E-state index in [1.165, 1.54) is 12.5 Å². The lowest BCUT2D eigenvalue weighted by molar-refractivity contribution is 0.561. The van der Waals surface area contributed by atoms with E-state index < -0.39 is 24.4 Å². The molecule has 7 rings (SSSR count). The summed E-state index contributed by atoms with van der Waals surface area (Å²) in [4.78, 5) is 14.2. The molecule has 7 nitrogen and oxygen atoms in total. The molecule has 0 bridgehead atoms. The summed E-state index contributed by atoms with van der Waals surface area (Å²) in [5.41, 5.74) is 7.62. The number of rotatable bonds is 7. The SMILES string of the molecule is CC(C)(c1cc(-c2cccc(-c3sc(-c4ccc5cc[nH]c5c4)nc3-c3ccc(S(C)(=O)=O)cc3)c2)c2ncccc2c1)S(C)(=O)=O. The molecule has 7 aromatic rings. The molecule has 0 amide bonds. The molecule has 0 aliphatic heterocycles. The fraction of sp³-hybridized carbons (Fsp3) is 0.135. The molecule has 4 aromatic carbocycles. The van der Waals surface area contributed by atoms with Gasteiger partial charge in [0.25, 0.3) is 0 Å². The van der Waals surface area contributed by atoms with Crippen molar-refractivity contribution in [1.29, 1.82) is 0 Å². The monoisotopic (exact) mass is 677 g/mol. The zero-order valence-corrected chi connectivity index (χ0v) is 28.6. The number of fused-ring (bicyclic) bond motifs is 2. The number of aromatic amines is 1. The van der Waals surface area contributed by atoms with Crippen molar-refractivity contribution in [3.05, 3.63) is 115 Å². The van der Waals surface area contributed by atoms with Gasteiger partial charge in [0.15, 0.2) is 19.7 Å². The van der Waals surface area contributed by atoms with Gasteiger partial charge >= 0.3 is 0 Å². The second kappa shape index (κ2) is 11.3. The zero-order chi connectivity index (χ0) is 33.1. The number of benzene rings is 4. The lowest BCUT2D eigenvalue weighted by Crippen LogP contribution is -2.28. The van der Waals surface area contributed by atoms with Crippen molar-refractivity contribution in [3.8, 4) is 43.4 Å². The molecule has 0 fully saturated rings. The van der Waals surface area contributed by atoms with Crippen molar-refractivity contribution >= 4 is 52.8 Å². The summed E-state index contributed by atoms with van der Waals surface area (Å²) >= 11 is 1.56. The molecule has 3 aromatic heterocycles. The van der Waals surface area contributed by atoms with Crippen LogP contribution >= 0.6 is 11.3 Å². The van der Waals surface area contributed by atoms with Crippen LogP contribution in [0.5, 0.6) is 0 Å². The quantitative estimate of drug-likeness (QED) is 0.181. The Hall–Kier alpha value is -4.64. The van der Waals surface area contributed by atoms with Crippen LogP contribution in [0.3, 0.4) is 0 Å². The van der Waals surface area contributed by atoms with Gasteiger partial charge in [-0.3, -0.25) is 4.98 Å². The Morgan fingerprint density at radius 1 is 0.723 bits per heavy atom. The van der Waals surface area contributed by atoms with Gasteiger partial charge in [-0.15, -0.1) is 11.3 Å². The summed E-state index contributed by atoms with van der Waals surface area (Å²) in [5, 5.41) is 2.79. The number of nitrogens with one attached hydrogen (secondary N) is 1.